The molecule has 0 atom stereocenters. The van der Waals surface area contributed by atoms with Crippen LogP contribution in [0, 0.1) is 6.92 Å². The summed E-state index contributed by atoms with van der Waals surface area (Å²) >= 11 is 7.52. The molecule has 0 fully saturated rings. The van der Waals surface area contributed by atoms with Crippen LogP contribution in [-0.4, -0.2) is 15.0 Å². The molecule has 0 aliphatic carbocycles. The van der Waals surface area contributed by atoms with Crippen LogP contribution in [-0.2, 0) is 16.4 Å². The van der Waals surface area contributed by atoms with Crippen molar-refractivity contribution in [3.05, 3.63) is 45.1 Å². The van der Waals surface area contributed by atoms with Crippen LogP contribution >= 0.6 is 22.9 Å². The van der Waals surface area contributed by atoms with E-state index in [1.807, 2.05) is 16.8 Å². The van der Waals surface area contributed by atoms with Gasteiger partial charge in [-0.2, -0.15) is 11.3 Å². The third-order valence-electron chi connectivity index (χ3n) is 2.85. The Bertz CT molecular complexity index is 674. The van der Waals surface area contributed by atoms with Crippen molar-refractivity contribution in [3.63, 3.8) is 0 Å². The molecular formula is C13H15ClN2O2S2. The Balaban J connectivity index is 2.10. The molecule has 108 valence electrons. The van der Waals surface area contributed by atoms with E-state index in [1.165, 1.54) is 12.1 Å². The molecule has 0 amide bonds. The zero-order valence-electron chi connectivity index (χ0n) is 10.9. The Morgan fingerprint density at radius 1 is 1.40 bits per heavy atom. The van der Waals surface area contributed by atoms with E-state index in [2.05, 4.69) is 4.72 Å². The van der Waals surface area contributed by atoms with Gasteiger partial charge in [0.05, 0.1) is 15.6 Å². The highest BCUT2D eigenvalue weighted by Crippen LogP contribution is 2.26. The van der Waals surface area contributed by atoms with Crippen molar-refractivity contribution in [2.45, 2.75) is 18.2 Å². The van der Waals surface area contributed by atoms with Crippen molar-refractivity contribution in [2.75, 3.05) is 12.3 Å². The zero-order chi connectivity index (χ0) is 14.8. The number of nitrogen functional groups attached to an aromatic ring is 1. The minimum atomic E-state index is -3.56. The van der Waals surface area contributed by atoms with E-state index in [4.69, 9.17) is 17.3 Å². The van der Waals surface area contributed by atoms with E-state index in [-0.39, 0.29) is 10.6 Å². The quantitative estimate of drug-likeness (QED) is 0.828. The number of sulfonamides is 1. The van der Waals surface area contributed by atoms with Gasteiger partial charge in [0, 0.05) is 6.54 Å². The second-order valence-electron chi connectivity index (χ2n) is 4.42. The molecule has 1 heterocycles. The number of hydrogen-bond acceptors (Lipinski definition) is 4. The van der Waals surface area contributed by atoms with Gasteiger partial charge in [0.15, 0.2) is 0 Å². The lowest BCUT2D eigenvalue weighted by Gasteiger charge is -2.09. The largest absolute Gasteiger partial charge is 0.397 e. The van der Waals surface area contributed by atoms with Crippen LogP contribution < -0.4 is 10.5 Å². The molecule has 0 aliphatic heterocycles. The molecule has 0 radical (unpaired) electrons. The highest BCUT2D eigenvalue weighted by atomic mass is 35.5. The van der Waals surface area contributed by atoms with Gasteiger partial charge in [-0.1, -0.05) is 11.6 Å². The molecule has 1 aromatic carbocycles. The number of anilines is 1. The number of benzene rings is 1. The molecule has 4 nitrogen and oxygen atoms in total. The Hall–Kier alpha value is -1.08. The summed E-state index contributed by atoms with van der Waals surface area (Å²) in [7, 11) is -3.56. The van der Waals surface area contributed by atoms with E-state index < -0.39 is 10.0 Å². The third-order valence-corrected chi connectivity index (χ3v) is 5.54. The monoisotopic (exact) mass is 330 g/mol. The van der Waals surface area contributed by atoms with Gasteiger partial charge in [-0.15, -0.1) is 0 Å². The molecule has 0 saturated heterocycles. The zero-order valence-corrected chi connectivity index (χ0v) is 13.3. The van der Waals surface area contributed by atoms with Gasteiger partial charge >= 0.3 is 0 Å². The Kier molecular flexibility index (Phi) is 4.70. The van der Waals surface area contributed by atoms with Crippen molar-refractivity contribution < 1.29 is 8.42 Å². The fourth-order valence-electron chi connectivity index (χ4n) is 1.77. The van der Waals surface area contributed by atoms with Crippen molar-refractivity contribution in [1.29, 1.82) is 0 Å². The highest BCUT2D eigenvalue weighted by molar-refractivity contribution is 7.89. The molecule has 0 spiro atoms. The molecule has 2 rings (SSSR count). The SMILES string of the molecule is Cc1cc(S(=O)(=O)NCCc2ccsc2)cc(N)c1Cl. The number of thiophene rings is 1. The van der Waals surface area contributed by atoms with Gasteiger partial charge in [0.2, 0.25) is 10.0 Å². The van der Waals surface area contributed by atoms with E-state index >= 15 is 0 Å². The van der Waals surface area contributed by atoms with E-state index in [0.29, 0.717) is 23.6 Å². The predicted molar refractivity (Wildman–Crippen MR) is 83.8 cm³/mol. The van der Waals surface area contributed by atoms with E-state index in [0.717, 1.165) is 5.56 Å². The molecule has 0 saturated carbocycles. The summed E-state index contributed by atoms with van der Waals surface area (Å²) in [5.41, 5.74) is 7.73. The van der Waals surface area contributed by atoms with Gasteiger partial charge in [-0.05, 0) is 53.4 Å². The van der Waals surface area contributed by atoms with E-state index in [1.54, 1.807) is 18.3 Å². The number of hydrogen-bond donors (Lipinski definition) is 2. The normalized spacial score (nSPS) is 11.7. The number of halogens is 1. The van der Waals surface area contributed by atoms with Gasteiger partial charge in [-0.25, -0.2) is 13.1 Å². The Morgan fingerprint density at radius 3 is 2.75 bits per heavy atom. The average Bonchev–Trinajstić information content (AvgIpc) is 2.88. The summed E-state index contributed by atoms with van der Waals surface area (Å²) in [6, 6.07) is 4.87. The molecule has 1 aromatic heterocycles. The number of nitrogens with two attached hydrogens (primary N) is 1. The summed E-state index contributed by atoms with van der Waals surface area (Å²) in [5.74, 6) is 0. The standard InChI is InChI=1S/C13H15ClN2O2S2/c1-9-6-11(7-12(15)13(9)14)20(17,18)16-4-2-10-3-5-19-8-10/h3,5-8,16H,2,4,15H2,1H3. The summed E-state index contributed by atoms with van der Waals surface area (Å²) < 4.78 is 26.9. The van der Waals surface area contributed by atoms with Crippen LogP contribution in [0.2, 0.25) is 5.02 Å². The summed E-state index contributed by atoms with van der Waals surface area (Å²) in [6.07, 6.45) is 0.658. The van der Waals surface area contributed by atoms with Crippen molar-refractivity contribution in [2.24, 2.45) is 0 Å². The minimum Gasteiger partial charge on any atom is -0.397 e. The van der Waals surface area contributed by atoms with Crippen LogP contribution in [0.3, 0.4) is 0 Å². The molecule has 2 aromatic rings. The first kappa shape index (κ1) is 15.3. The summed E-state index contributed by atoms with van der Waals surface area (Å²) in [4.78, 5) is 0.141. The maximum Gasteiger partial charge on any atom is 0.240 e. The fraction of sp³-hybridized carbons (Fsp3) is 0.231. The van der Waals surface area contributed by atoms with Crippen molar-refractivity contribution in [3.8, 4) is 0 Å². The summed E-state index contributed by atoms with van der Waals surface area (Å²) in [5, 5.41) is 4.36. The van der Waals surface area contributed by atoms with Crippen LogP contribution in [0.5, 0.6) is 0 Å². The Labute approximate surface area is 127 Å². The summed E-state index contributed by atoms with van der Waals surface area (Å²) in [6.45, 7) is 2.07. The number of aryl methyl sites for hydroxylation is 1. The lowest BCUT2D eigenvalue weighted by Crippen LogP contribution is -2.26. The number of rotatable bonds is 5. The third kappa shape index (κ3) is 3.52. The van der Waals surface area contributed by atoms with Crippen LogP contribution in [0.15, 0.2) is 33.9 Å². The first-order chi connectivity index (χ1) is 9.40. The second-order valence-corrected chi connectivity index (χ2v) is 7.35. The topological polar surface area (TPSA) is 72.2 Å². The molecule has 0 unspecified atom stereocenters. The molecule has 7 heteroatoms. The second kappa shape index (κ2) is 6.13. The maximum atomic E-state index is 12.2. The first-order valence-electron chi connectivity index (χ1n) is 5.96. The van der Waals surface area contributed by atoms with Crippen LogP contribution in [0.1, 0.15) is 11.1 Å². The maximum absolute atomic E-state index is 12.2. The molecule has 3 N–H and O–H groups in total. The van der Waals surface area contributed by atoms with Crippen molar-refractivity contribution in [1.82, 2.24) is 4.72 Å². The van der Waals surface area contributed by atoms with Crippen molar-refractivity contribution >= 4 is 38.6 Å². The smallest absolute Gasteiger partial charge is 0.240 e. The van der Waals surface area contributed by atoms with Gasteiger partial charge < -0.3 is 5.73 Å². The van der Waals surface area contributed by atoms with Crippen LogP contribution in [0.25, 0.3) is 0 Å². The van der Waals surface area contributed by atoms with Gasteiger partial charge in [0.1, 0.15) is 0 Å². The predicted octanol–water partition coefficient (Wildman–Crippen LogP) is 2.81. The van der Waals surface area contributed by atoms with E-state index in [9.17, 15) is 8.42 Å². The molecule has 20 heavy (non-hydrogen) atoms. The minimum absolute atomic E-state index is 0.141. The molecule has 0 bridgehead atoms. The average molecular weight is 331 g/mol. The fourth-order valence-corrected chi connectivity index (χ4v) is 3.73. The number of nitrogens with one attached hydrogen (secondary N) is 1. The Morgan fingerprint density at radius 2 is 2.15 bits per heavy atom. The van der Waals surface area contributed by atoms with Gasteiger partial charge in [0.25, 0.3) is 0 Å². The van der Waals surface area contributed by atoms with Crippen LogP contribution in [0.4, 0.5) is 5.69 Å². The lowest BCUT2D eigenvalue weighted by atomic mass is 10.2. The molecule has 0 aliphatic rings. The first-order valence-corrected chi connectivity index (χ1v) is 8.77. The van der Waals surface area contributed by atoms with Gasteiger partial charge in [-0.3, -0.25) is 0 Å². The lowest BCUT2D eigenvalue weighted by molar-refractivity contribution is 0.581. The molecular weight excluding hydrogens is 316 g/mol. The highest BCUT2D eigenvalue weighted by Gasteiger charge is 2.16.